The van der Waals surface area contributed by atoms with Crippen LogP contribution in [0.3, 0.4) is 0 Å². The Balaban J connectivity index is 1.84. The molecule has 0 fully saturated rings. The van der Waals surface area contributed by atoms with Crippen LogP contribution in [0.2, 0.25) is 9.26 Å². The Kier molecular flexibility index (Phi) is 5.37. The van der Waals surface area contributed by atoms with E-state index in [4.69, 9.17) is 18.9 Å². The Morgan fingerprint density at radius 3 is 1.28 bits per heavy atom. The molecule has 0 saturated heterocycles. The fourth-order valence-corrected chi connectivity index (χ4v) is 13.9. The Bertz CT molecular complexity index is 927. The molecular weight excluding hydrogens is 443 g/mol. The summed E-state index contributed by atoms with van der Waals surface area (Å²) in [5.41, 5.74) is 4.86. The van der Waals surface area contributed by atoms with Crippen molar-refractivity contribution in [1.82, 2.24) is 0 Å². The van der Waals surface area contributed by atoms with Gasteiger partial charge in [-0.1, -0.05) is 0 Å². The molecule has 0 N–H and O–H groups in total. The first-order valence-corrected chi connectivity index (χ1v) is 17.6. The SMILES string of the molecule is COc1ccc(OC)c2c1C=C[CH]2[Zr]([CH3])([CH3])[CH]1C=Cc2c(OC)ccc(OC)c21. The van der Waals surface area contributed by atoms with Crippen LogP contribution < -0.4 is 18.9 Å². The van der Waals surface area contributed by atoms with Gasteiger partial charge in [-0.05, 0) is 0 Å². The summed E-state index contributed by atoms with van der Waals surface area (Å²) < 4.78 is 28.6. The van der Waals surface area contributed by atoms with Crippen molar-refractivity contribution < 1.29 is 39.2 Å². The Morgan fingerprint density at radius 2 is 0.931 bits per heavy atom. The molecule has 2 aromatic carbocycles. The van der Waals surface area contributed by atoms with Crippen molar-refractivity contribution in [2.24, 2.45) is 0 Å². The first-order valence-electron chi connectivity index (χ1n) is 9.84. The van der Waals surface area contributed by atoms with Crippen LogP contribution in [0.1, 0.15) is 29.5 Å². The second-order valence-corrected chi connectivity index (χ2v) is 20.1. The average molecular weight is 472 g/mol. The van der Waals surface area contributed by atoms with E-state index >= 15 is 0 Å². The standard InChI is InChI=1S/2C11H11O2.2CH3.Zr/c2*1-12-10-6-7-11(13-2)9-5-3-4-8(9)10;;;/h2*3-7H,1-2H3;2*1H3;. The van der Waals surface area contributed by atoms with Crippen molar-refractivity contribution >= 4 is 12.2 Å². The molecule has 2 aliphatic carbocycles. The van der Waals surface area contributed by atoms with Gasteiger partial charge in [0.15, 0.2) is 0 Å². The number of rotatable bonds is 6. The zero-order valence-electron chi connectivity index (χ0n) is 17.9. The van der Waals surface area contributed by atoms with Crippen LogP contribution in [0.25, 0.3) is 12.2 Å². The maximum atomic E-state index is 5.77. The van der Waals surface area contributed by atoms with E-state index in [2.05, 4.69) is 33.6 Å². The molecule has 4 nitrogen and oxygen atoms in total. The first-order chi connectivity index (χ1) is 14.0. The number of fused-ring (bicyclic) bond motifs is 2. The summed E-state index contributed by atoms with van der Waals surface area (Å²) in [6.45, 7) is 0. The van der Waals surface area contributed by atoms with E-state index in [1.807, 2.05) is 24.3 Å². The summed E-state index contributed by atoms with van der Waals surface area (Å²) in [7, 11) is 6.95. The van der Waals surface area contributed by atoms with Gasteiger partial charge in [-0.25, -0.2) is 0 Å². The van der Waals surface area contributed by atoms with Crippen molar-refractivity contribution in [1.29, 1.82) is 0 Å². The average Bonchev–Trinajstić information content (AvgIpc) is 3.38. The van der Waals surface area contributed by atoms with E-state index < -0.39 is 20.3 Å². The predicted molar refractivity (Wildman–Crippen MR) is 114 cm³/mol. The molecule has 0 saturated carbocycles. The third-order valence-electron chi connectivity index (χ3n) is 6.43. The van der Waals surface area contributed by atoms with Crippen molar-refractivity contribution in [2.45, 2.75) is 16.5 Å². The van der Waals surface area contributed by atoms with Gasteiger partial charge >= 0.3 is 178 Å². The zero-order valence-corrected chi connectivity index (χ0v) is 20.4. The molecule has 0 aliphatic heterocycles. The molecule has 0 radical (unpaired) electrons. The molecule has 0 heterocycles. The number of ether oxygens (including phenoxy) is 4. The molecule has 2 atom stereocenters. The van der Waals surface area contributed by atoms with Gasteiger partial charge in [-0.15, -0.1) is 0 Å². The quantitative estimate of drug-likeness (QED) is 0.533. The van der Waals surface area contributed by atoms with E-state index in [1.54, 1.807) is 28.4 Å². The van der Waals surface area contributed by atoms with Gasteiger partial charge in [-0.2, -0.15) is 0 Å². The monoisotopic (exact) mass is 470 g/mol. The maximum absolute atomic E-state index is 5.77. The van der Waals surface area contributed by atoms with Gasteiger partial charge in [0.2, 0.25) is 0 Å². The molecule has 152 valence electrons. The molecular formula is C24H28O4Zr. The zero-order chi connectivity index (χ0) is 20.8. The van der Waals surface area contributed by atoms with Crippen LogP contribution in [0.4, 0.5) is 0 Å². The minimum atomic E-state index is -2.88. The molecule has 2 aromatic rings. The number of benzene rings is 2. The molecule has 5 heteroatoms. The van der Waals surface area contributed by atoms with Crippen molar-refractivity contribution in [3.05, 3.63) is 58.7 Å². The van der Waals surface area contributed by atoms with Crippen molar-refractivity contribution in [3.63, 3.8) is 0 Å². The summed E-state index contributed by atoms with van der Waals surface area (Å²) in [6, 6.07) is 8.04. The fraction of sp³-hybridized carbons (Fsp3) is 0.333. The van der Waals surface area contributed by atoms with Gasteiger partial charge in [0, 0.05) is 0 Å². The summed E-state index contributed by atoms with van der Waals surface area (Å²) >= 11 is -2.88. The third-order valence-corrected chi connectivity index (χ3v) is 16.7. The van der Waals surface area contributed by atoms with Crippen LogP contribution in [0.15, 0.2) is 36.4 Å². The van der Waals surface area contributed by atoms with Gasteiger partial charge in [0.05, 0.1) is 0 Å². The first kappa shape index (κ1) is 20.3. The summed E-state index contributed by atoms with van der Waals surface area (Å²) in [6.07, 6.45) is 9.15. The third kappa shape index (κ3) is 3.06. The molecule has 0 aromatic heterocycles. The topological polar surface area (TPSA) is 36.9 Å². The van der Waals surface area contributed by atoms with E-state index in [9.17, 15) is 0 Å². The Labute approximate surface area is 177 Å². The van der Waals surface area contributed by atoms with Gasteiger partial charge in [0.25, 0.3) is 0 Å². The van der Waals surface area contributed by atoms with E-state index in [-0.39, 0.29) is 0 Å². The van der Waals surface area contributed by atoms with E-state index in [0.717, 1.165) is 34.1 Å². The van der Waals surface area contributed by atoms with Crippen molar-refractivity contribution in [3.8, 4) is 23.0 Å². The van der Waals surface area contributed by atoms with Crippen LogP contribution in [0.5, 0.6) is 23.0 Å². The van der Waals surface area contributed by atoms with Crippen molar-refractivity contribution in [2.75, 3.05) is 28.4 Å². The Morgan fingerprint density at radius 1 is 0.586 bits per heavy atom. The number of hydrogen-bond acceptors (Lipinski definition) is 4. The molecule has 2 unspecified atom stereocenters. The summed E-state index contributed by atoms with van der Waals surface area (Å²) in [5.74, 6) is 3.70. The number of allylic oxidation sites excluding steroid dienone is 2. The number of hydrogen-bond donors (Lipinski definition) is 0. The van der Waals surface area contributed by atoms with E-state index in [0.29, 0.717) is 7.25 Å². The second kappa shape index (κ2) is 7.68. The minimum absolute atomic E-state index is 0.376. The Hall–Kier alpha value is -2.00. The fourth-order valence-electron chi connectivity index (χ4n) is 4.90. The van der Waals surface area contributed by atoms with E-state index in [1.165, 1.54) is 11.1 Å². The second-order valence-electron chi connectivity index (χ2n) is 8.09. The van der Waals surface area contributed by atoms with Crippen LogP contribution in [-0.4, -0.2) is 28.4 Å². The van der Waals surface area contributed by atoms with Crippen LogP contribution >= 0.6 is 0 Å². The van der Waals surface area contributed by atoms with Gasteiger partial charge in [0.1, 0.15) is 0 Å². The predicted octanol–water partition coefficient (Wildman–Crippen LogP) is 5.81. The van der Waals surface area contributed by atoms with Gasteiger partial charge < -0.3 is 0 Å². The molecule has 2 aliphatic rings. The van der Waals surface area contributed by atoms with Crippen LogP contribution in [-0.2, 0) is 20.3 Å². The molecule has 0 bridgehead atoms. The van der Waals surface area contributed by atoms with Crippen LogP contribution in [0, 0.1) is 0 Å². The summed E-state index contributed by atoms with van der Waals surface area (Å²) in [4.78, 5) is 0. The normalized spacial score (nSPS) is 19.1. The summed E-state index contributed by atoms with van der Waals surface area (Å²) in [5, 5.41) is 0. The molecule has 0 amide bonds. The molecule has 0 spiro atoms. The molecule has 4 rings (SSSR count). The molecule has 29 heavy (non-hydrogen) atoms. The number of methoxy groups -OCH3 is 4. The van der Waals surface area contributed by atoms with Gasteiger partial charge in [-0.3, -0.25) is 0 Å².